The van der Waals surface area contributed by atoms with Crippen LogP contribution in [0.1, 0.15) is 46.7 Å². The standard InChI is InChI=1S/C27H28N6O4S/c1-17(2)36-20-11-19(26(34)30-23-8-9-32(3)31-23)12-21(13-20)37-25-15-28-24(14-29-25)33(16-18-6-7-18)27(35)22-5-4-10-38-22/h4-5,8-15,17-18H,6-7,16H2,1-3H3,(H,30,31,34). The van der Waals surface area contributed by atoms with E-state index in [4.69, 9.17) is 9.47 Å². The van der Waals surface area contributed by atoms with Crippen molar-refractivity contribution in [2.75, 3.05) is 16.8 Å². The van der Waals surface area contributed by atoms with Crippen molar-refractivity contribution in [3.63, 3.8) is 0 Å². The predicted octanol–water partition coefficient (Wildman–Crippen LogP) is 5.16. The number of benzene rings is 1. The van der Waals surface area contributed by atoms with Gasteiger partial charge in [0.25, 0.3) is 11.8 Å². The number of thiophene rings is 1. The Bertz CT molecular complexity index is 1410. The Morgan fingerprint density at radius 3 is 2.61 bits per heavy atom. The number of amides is 2. The van der Waals surface area contributed by atoms with Crippen molar-refractivity contribution in [2.24, 2.45) is 13.0 Å². The summed E-state index contributed by atoms with van der Waals surface area (Å²) < 4.78 is 13.4. The molecule has 1 N–H and O–H groups in total. The van der Waals surface area contributed by atoms with Crippen molar-refractivity contribution in [2.45, 2.75) is 32.8 Å². The molecule has 3 heterocycles. The zero-order chi connectivity index (χ0) is 26.6. The number of hydrogen-bond donors (Lipinski definition) is 1. The van der Waals surface area contributed by atoms with Gasteiger partial charge in [-0.2, -0.15) is 5.10 Å². The molecule has 1 fully saturated rings. The number of carbonyl (C=O) groups is 2. The Hall–Kier alpha value is -4.25. The summed E-state index contributed by atoms with van der Waals surface area (Å²) in [5.41, 5.74) is 0.338. The molecule has 196 valence electrons. The van der Waals surface area contributed by atoms with Gasteiger partial charge in [-0.1, -0.05) is 6.07 Å². The van der Waals surface area contributed by atoms with E-state index in [0.717, 1.165) is 12.8 Å². The van der Waals surface area contributed by atoms with Crippen LogP contribution in [0.3, 0.4) is 0 Å². The van der Waals surface area contributed by atoms with Crippen LogP contribution in [0.5, 0.6) is 17.4 Å². The van der Waals surface area contributed by atoms with E-state index in [0.29, 0.717) is 46.0 Å². The maximum absolute atomic E-state index is 13.1. The summed E-state index contributed by atoms with van der Waals surface area (Å²) in [6.45, 7) is 4.40. The minimum absolute atomic E-state index is 0.0861. The molecule has 0 atom stereocenters. The Kier molecular flexibility index (Phi) is 7.36. The molecule has 0 radical (unpaired) electrons. The lowest BCUT2D eigenvalue weighted by Gasteiger charge is -2.21. The molecule has 0 spiro atoms. The molecule has 11 heteroatoms. The quantitative estimate of drug-likeness (QED) is 0.300. The van der Waals surface area contributed by atoms with Gasteiger partial charge >= 0.3 is 0 Å². The zero-order valence-corrected chi connectivity index (χ0v) is 22.1. The maximum Gasteiger partial charge on any atom is 0.269 e. The normalized spacial score (nSPS) is 12.8. The maximum atomic E-state index is 13.1. The second-order valence-corrected chi connectivity index (χ2v) is 10.3. The summed E-state index contributed by atoms with van der Waals surface area (Å²) in [6.07, 6.45) is 6.86. The highest BCUT2D eigenvalue weighted by atomic mass is 32.1. The van der Waals surface area contributed by atoms with E-state index in [1.807, 2.05) is 31.4 Å². The van der Waals surface area contributed by atoms with Gasteiger partial charge in [-0.3, -0.25) is 19.2 Å². The number of aromatic nitrogens is 4. The fourth-order valence-electron chi connectivity index (χ4n) is 3.77. The van der Waals surface area contributed by atoms with Gasteiger partial charge in [0.1, 0.15) is 11.5 Å². The molecule has 5 rings (SSSR count). The van der Waals surface area contributed by atoms with Gasteiger partial charge in [-0.05, 0) is 56.2 Å². The molecule has 0 saturated heterocycles. The smallest absolute Gasteiger partial charge is 0.269 e. The lowest BCUT2D eigenvalue weighted by Crippen LogP contribution is -2.33. The molecular weight excluding hydrogens is 504 g/mol. The van der Waals surface area contributed by atoms with Crippen LogP contribution in [0.2, 0.25) is 0 Å². The third-order valence-corrected chi connectivity index (χ3v) is 6.56. The average Bonchev–Trinajstić information content (AvgIpc) is 3.35. The molecule has 0 aliphatic heterocycles. The van der Waals surface area contributed by atoms with Gasteiger partial charge in [0, 0.05) is 37.5 Å². The van der Waals surface area contributed by atoms with E-state index in [9.17, 15) is 9.59 Å². The fourth-order valence-corrected chi connectivity index (χ4v) is 4.44. The zero-order valence-electron chi connectivity index (χ0n) is 21.3. The van der Waals surface area contributed by atoms with Crippen LogP contribution in [0.4, 0.5) is 11.6 Å². The lowest BCUT2D eigenvalue weighted by molar-refractivity contribution is 0.0987. The van der Waals surface area contributed by atoms with Crippen molar-refractivity contribution in [1.82, 2.24) is 19.7 Å². The summed E-state index contributed by atoms with van der Waals surface area (Å²) in [5, 5.41) is 8.84. The number of aryl methyl sites for hydroxylation is 1. The third-order valence-electron chi connectivity index (χ3n) is 5.70. The summed E-state index contributed by atoms with van der Waals surface area (Å²) in [4.78, 5) is 37.2. The van der Waals surface area contributed by atoms with Crippen molar-refractivity contribution in [3.05, 3.63) is 70.8 Å². The Labute approximate surface area is 224 Å². The highest BCUT2D eigenvalue weighted by Crippen LogP contribution is 2.33. The van der Waals surface area contributed by atoms with E-state index in [1.54, 1.807) is 47.1 Å². The molecule has 4 aromatic rings. The van der Waals surface area contributed by atoms with Gasteiger partial charge in [-0.15, -0.1) is 11.3 Å². The van der Waals surface area contributed by atoms with Crippen LogP contribution in [0, 0.1) is 5.92 Å². The average molecular weight is 533 g/mol. The van der Waals surface area contributed by atoms with Gasteiger partial charge < -0.3 is 14.8 Å². The largest absolute Gasteiger partial charge is 0.491 e. The van der Waals surface area contributed by atoms with E-state index >= 15 is 0 Å². The number of carbonyl (C=O) groups excluding carboxylic acids is 2. The van der Waals surface area contributed by atoms with Gasteiger partial charge in [0.05, 0.1) is 23.4 Å². The first-order valence-corrected chi connectivity index (χ1v) is 13.2. The van der Waals surface area contributed by atoms with E-state index < -0.39 is 0 Å². The summed E-state index contributed by atoms with van der Waals surface area (Å²) in [5.74, 6) is 2.01. The molecular formula is C27H28N6O4S. The molecule has 1 aliphatic carbocycles. The van der Waals surface area contributed by atoms with Gasteiger partial charge in [0.15, 0.2) is 11.6 Å². The van der Waals surface area contributed by atoms with Crippen LogP contribution in [0.15, 0.2) is 60.4 Å². The molecule has 2 amide bonds. The van der Waals surface area contributed by atoms with Crippen molar-refractivity contribution in [1.29, 1.82) is 0 Å². The predicted molar refractivity (Wildman–Crippen MR) is 144 cm³/mol. The van der Waals surface area contributed by atoms with Crippen LogP contribution < -0.4 is 19.7 Å². The molecule has 10 nitrogen and oxygen atoms in total. The molecule has 1 aromatic carbocycles. The highest BCUT2D eigenvalue weighted by molar-refractivity contribution is 7.12. The van der Waals surface area contributed by atoms with Crippen molar-refractivity contribution < 1.29 is 19.1 Å². The Morgan fingerprint density at radius 2 is 1.97 bits per heavy atom. The lowest BCUT2D eigenvalue weighted by atomic mass is 10.2. The van der Waals surface area contributed by atoms with E-state index in [1.165, 1.54) is 23.7 Å². The highest BCUT2D eigenvalue weighted by Gasteiger charge is 2.29. The number of nitrogens with zero attached hydrogens (tertiary/aromatic N) is 5. The van der Waals surface area contributed by atoms with Gasteiger partial charge in [0.2, 0.25) is 5.88 Å². The molecule has 38 heavy (non-hydrogen) atoms. The minimum atomic E-state index is -0.355. The second-order valence-electron chi connectivity index (χ2n) is 9.34. The SMILES string of the molecule is CC(C)Oc1cc(Oc2cnc(N(CC3CC3)C(=O)c3cccs3)cn2)cc(C(=O)Nc2ccn(C)n2)c1. The van der Waals surface area contributed by atoms with Crippen LogP contribution in [-0.4, -0.2) is 44.2 Å². The second kappa shape index (κ2) is 11.0. The van der Waals surface area contributed by atoms with E-state index in [-0.39, 0.29) is 23.8 Å². The monoisotopic (exact) mass is 532 g/mol. The fraction of sp³-hybridized carbons (Fsp3) is 0.296. The van der Waals surface area contributed by atoms with Crippen LogP contribution in [-0.2, 0) is 7.05 Å². The topological polar surface area (TPSA) is 111 Å². The number of rotatable bonds is 10. The summed E-state index contributed by atoms with van der Waals surface area (Å²) in [7, 11) is 1.77. The Balaban J connectivity index is 1.35. The van der Waals surface area contributed by atoms with E-state index in [2.05, 4.69) is 20.4 Å². The first kappa shape index (κ1) is 25.4. The molecule has 0 bridgehead atoms. The number of nitrogens with one attached hydrogen (secondary N) is 1. The number of ether oxygens (including phenoxy) is 2. The molecule has 3 aromatic heterocycles. The Morgan fingerprint density at radius 1 is 1.16 bits per heavy atom. The molecule has 1 aliphatic rings. The first-order valence-electron chi connectivity index (χ1n) is 12.3. The van der Waals surface area contributed by atoms with Gasteiger partial charge in [-0.25, -0.2) is 9.97 Å². The minimum Gasteiger partial charge on any atom is -0.491 e. The summed E-state index contributed by atoms with van der Waals surface area (Å²) in [6, 6.07) is 10.3. The molecule has 0 unspecified atom stereocenters. The summed E-state index contributed by atoms with van der Waals surface area (Å²) >= 11 is 1.40. The molecule has 1 saturated carbocycles. The number of hydrogen-bond acceptors (Lipinski definition) is 8. The van der Waals surface area contributed by atoms with Crippen LogP contribution >= 0.6 is 11.3 Å². The van der Waals surface area contributed by atoms with Crippen molar-refractivity contribution >= 4 is 34.8 Å². The van der Waals surface area contributed by atoms with Crippen molar-refractivity contribution in [3.8, 4) is 17.4 Å². The number of anilines is 2. The first-order chi connectivity index (χ1) is 18.3. The van der Waals surface area contributed by atoms with Crippen LogP contribution in [0.25, 0.3) is 0 Å². The third kappa shape index (κ3) is 6.35.